The van der Waals surface area contributed by atoms with Crippen molar-refractivity contribution in [3.8, 4) is 0 Å². The third kappa shape index (κ3) is 4.53. The number of pyridine rings is 1. The van der Waals surface area contributed by atoms with Gasteiger partial charge in [0.1, 0.15) is 0 Å². The summed E-state index contributed by atoms with van der Waals surface area (Å²) in [4.78, 5) is 26.2. The molecule has 0 aliphatic heterocycles. The van der Waals surface area contributed by atoms with Gasteiger partial charge in [-0.15, -0.1) is 0 Å². The number of amides is 1. The number of unbranched alkanes of at least 4 members (excludes halogenated alkanes) is 3. The average Bonchev–Trinajstić information content (AvgIpc) is 2.35. The zero-order chi connectivity index (χ0) is 13.4. The van der Waals surface area contributed by atoms with E-state index < -0.39 is 5.97 Å². The summed E-state index contributed by atoms with van der Waals surface area (Å²) in [6.07, 6.45) is 5.87. The Balaban J connectivity index is 2.51. The standard InChI is InChI=1S/C13H18N2O3/c1-2-3-4-5-8-11(16)15-10-7-6-9-14-12(10)13(17)18/h6-7,9H,2-5,8H2,1H3,(H,15,16)(H,17,18). The third-order valence-corrected chi connectivity index (χ3v) is 2.54. The summed E-state index contributed by atoms with van der Waals surface area (Å²) in [6, 6.07) is 3.14. The summed E-state index contributed by atoms with van der Waals surface area (Å²) in [6.45, 7) is 2.11. The smallest absolute Gasteiger partial charge is 0.356 e. The number of nitrogens with zero attached hydrogens (tertiary/aromatic N) is 1. The monoisotopic (exact) mass is 250 g/mol. The molecule has 18 heavy (non-hydrogen) atoms. The Morgan fingerprint density at radius 2 is 2.11 bits per heavy atom. The van der Waals surface area contributed by atoms with Crippen LogP contribution in [0.4, 0.5) is 5.69 Å². The van der Waals surface area contributed by atoms with E-state index in [1.165, 1.54) is 6.20 Å². The van der Waals surface area contributed by atoms with E-state index in [0.29, 0.717) is 6.42 Å². The largest absolute Gasteiger partial charge is 0.476 e. The maximum Gasteiger partial charge on any atom is 0.356 e. The van der Waals surface area contributed by atoms with Gasteiger partial charge in [-0.2, -0.15) is 0 Å². The predicted molar refractivity (Wildman–Crippen MR) is 68.6 cm³/mol. The van der Waals surface area contributed by atoms with E-state index in [0.717, 1.165) is 25.7 Å². The summed E-state index contributed by atoms with van der Waals surface area (Å²) in [5, 5.41) is 11.5. The fourth-order valence-corrected chi connectivity index (χ4v) is 1.60. The molecule has 0 atom stereocenters. The van der Waals surface area contributed by atoms with E-state index in [1.807, 2.05) is 0 Å². The minimum Gasteiger partial charge on any atom is -0.476 e. The van der Waals surface area contributed by atoms with E-state index in [2.05, 4.69) is 17.2 Å². The third-order valence-electron chi connectivity index (χ3n) is 2.54. The average molecular weight is 250 g/mol. The summed E-state index contributed by atoms with van der Waals surface area (Å²) in [5.74, 6) is -1.31. The molecule has 0 saturated heterocycles. The van der Waals surface area contributed by atoms with Crippen molar-refractivity contribution in [3.63, 3.8) is 0 Å². The van der Waals surface area contributed by atoms with Crippen LogP contribution < -0.4 is 5.32 Å². The van der Waals surface area contributed by atoms with Crippen LogP contribution in [0.25, 0.3) is 0 Å². The van der Waals surface area contributed by atoms with Crippen molar-refractivity contribution < 1.29 is 14.7 Å². The molecular weight excluding hydrogens is 232 g/mol. The molecule has 0 bridgehead atoms. The zero-order valence-corrected chi connectivity index (χ0v) is 10.5. The lowest BCUT2D eigenvalue weighted by atomic mass is 10.1. The van der Waals surface area contributed by atoms with Gasteiger partial charge in [-0.1, -0.05) is 26.2 Å². The fraction of sp³-hybridized carbons (Fsp3) is 0.462. The molecule has 5 heteroatoms. The van der Waals surface area contributed by atoms with E-state index in [4.69, 9.17) is 5.11 Å². The lowest BCUT2D eigenvalue weighted by Gasteiger charge is -2.07. The number of nitrogens with one attached hydrogen (secondary N) is 1. The molecule has 1 amide bonds. The van der Waals surface area contributed by atoms with Gasteiger partial charge in [0.2, 0.25) is 5.91 Å². The summed E-state index contributed by atoms with van der Waals surface area (Å²) in [7, 11) is 0. The predicted octanol–water partition coefficient (Wildman–Crippen LogP) is 2.69. The summed E-state index contributed by atoms with van der Waals surface area (Å²) >= 11 is 0. The molecule has 0 aliphatic carbocycles. The SMILES string of the molecule is CCCCCCC(=O)Nc1cccnc1C(=O)O. The Labute approximate surface area is 106 Å². The van der Waals surface area contributed by atoms with Crippen LogP contribution in [-0.2, 0) is 4.79 Å². The number of carboxylic acids is 1. The molecule has 5 nitrogen and oxygen atoms in total. The maximum atomic E-state index is 11.6. The molecule has 1 aromatic rings. The van der Waals surface area contributed by atoms with Gasteiger partial charge in [-0.3, -0.25) is 4.79 Å². The molecule has 1 aromatic heterocycles. The Bertz CT molecular complexity index is 418. The highest BCUT2D eigenvalue weighted by atomic mass is 16.4. The van der Waals surface area contributed by atoms with Crippen molar-refractivity contribution in [2.24, 2.45) is 0 Å². The van der Waals surface area contributed by atoms with Gasteiger partial charge in [-0.05, 0) is 18.6 Å². The van der Waals surface area contributed by atoms with E-state index >= 15 is 0 Å². The van der Waals surface area contributed by atoms with Gasteiger partial charge in [0.05, 0.1) is 5.69 Å². The minimum atomic E-state index is -1.14. The van der Waals surface area contributed by atoms with E-state index in [9.17, 15) is 9.59 Å². The molecule has 0 aliphatic rings. The lowest BCUT2D eigenvalue weighted by Crippen LogP contribution is -2.15. The van der Waals surface area contributed by atoms with Gasteiger partial charge in [0.25, 0.3) is 0 Å². The zero-order valence-electron chi connectivity index (χ0n) is 10.5. The maximum absolute atomic E-state index is 11.6. The second kappa shape index (κ2) is 7.42. The fourth-order valence-electron chi connectivity index (χ4n) is 1.60. The van der Waals surface area contributed by atoms with Gasteiger partial charge in [0, 0.05) is 12.6 Å². The minimum absolute atomic E-state index is 0.126. The number of aromatic nitrogens is 1. The van der Waals surface area contributed by atoms with E-state index in [1.54, 1.807) is 12.1 Å². The quantitative estimate of drug-likeness (QED) is 0.729. The Morgan fingerprint density at radius 1 is 1.33 bits per heavy atom. The number of aromatic carboxylic acids is 1. The number of anilines is 1. The molecule has 0 unspecified atom stereocenters. The number of hydrogen-bond acceptors (Lipinski definition) is 3. The number of rotatable bonds is 7. The lowest BCUT2D eigenvalue weighted by molar-refractivity contribution is -0.116. The second-order valence-corrected chi connectivity index (χ2v) is 4.06. The van der Waals surface area contributed by atoms with Crippen molar-refractivity contribution in [3.05, 3.63) is 24.0 Å². The molecule has 0 saturated carbocycles. The van der Waals surface area contributed by atoms with Crippen molar-refractivity contribution in [1.82, 2.24) is 4.98 Å². The molecule has 0 spiro atoms. The molecule has 2 N–H and O–H groups in total. The van der Waals surface area contributed by atoms with Crippen LogP contribution in [-0.4, -0.2) is 22.0 Å². The first kappa shape index (κ1) is 14.2. The van der Waals surface area contributed by atoms with Crippen molar-refractivity contribution >= 4 is 17.6 Å². The number of carboxylic acid groups (broad SMARTS) is 1. The van der Waals surface area contributed by atoms with Crippen LogP contribution >= 0.6 is 0 Å². The Hall–Kier alpha value is -1.91. The molecule has 0 fully saturated rings. The van der Waals surface area contributed by atoms with Gasteiger partial charge >= 0.3 is 5.97 Å². The van der Waals surface area contributed by atoms with Crippen LogP contribution in [0, 0.1) is 0 Å². The highest BCUT2D eigenvalue weighted by Crippen LogP contribution is 2.13. The number of carbonyl (C=O) groups is 2. The van der Waals surface area contributed by atoms with Crippen molar-refractivity contribution in [2.45, 2.75) is 39.0 Å². The van der Waals surface area contributed by atoms with Crippen LogP contribution in [0.5, 0.6) is 0 Å². The van der Waals surface area contributed by atoms with Crippen LogP contribution in [0.3, 0.4) is 0 Å². The van der Waals surface area contributed by atoms with Gasteiger partial charge in [0.15, 0.2) is 5.69 Å². The molecule has 0 radical (unpaired) electrons. The number of carbonyl (C=O) groups excluding carboxylic acids is 1. The first-order valence-corrected chi connectivity index (χ1v) is 6.13. The first-order valence-electron chi connectivity index (χ1n) is 6.13. The van der Waals surface area contributed by atoms with Crippen molar-refractivity contribution in [2.75, 3.05) is 5.32 Å². The van der Waals surface area contributed by atoms with Crippen LogP contribution in [0.2, 0.25) is 0 Å². The van der Waals surface area contributed by atoms with Gasteiger partial charge in [-0.25, -0.2) is 9.78 Å². The number of hydrogen-bond donors (Lipinski definition) is 2. The van der Waals surface area contributed by atoms with Crippen LogP contribution in [0.15, 0.2) is 18.3 Å². The second-order valence-electron chi connectivity index (χ2n) is 4.06. The Morgan fingerprint density at radius 3 is 2.78 bits per heavy atom. The highest BCUT2D eigenvalue weighted by Gasteiger charge is 2.12. The molecule has 1 rings (SSSR count). The first-order chi connectivity index (χ1) is 8.65. The highest BCUT2D eigenvalue weighted by molar-refractivity contribution is 5.98. The summed E-state index contributed by atoms with van der Waals surface area (Å²) in [5.41, 5.74) is 0.130. The van der Waals surface area contributed by atoms with E-state index in [-0.39, 0.29) is 17.3 Å². The molecule has 98 valence electrons. The molecule has 1 heterocycles. The topological polar surface area (TPSA) is 79.3 Å². The summed E-state index contributed by atoms with van der Waals surface area (Å²) < 4.78 is 0. The molecule has 0 aromatic carbocycles. The normalized spacial score (nSPS) is 10.1. The Kier molecular flexibility index (Phi) is 5.84. The van der Waals surface area contributed by atoms with Gasteiger partial charge < -0.3 is 10.4 Å². The molecular formula is C13H18N2O3. The van der Waals surface area contributed by atoms with Crippen molar-refractivity contribution in [1.29, 1.82) is 0 Å². The van der Waals surface area contributed by atoms with Crippen LogP contribution in [0.1, 0.15) is 49.5 Å².